The molecule has 0 aliphatic carbocycles. The zero-order valence-corrected chi connectivity index (χ0v) is 28.7. The van der Waals surface area contributed by atoms with Crippen molar-refractivity contribution in [3.05, 3.63) is 125 Å². The highest BCUT2D eigenvalue weighted by Crippen LogP contribution is 2.27. The molecule has 2 amide bonds. The Hall–Kier alpha value is -4.63. The average molecular weight is 656 g/mol. The smallest absolute Gasteiger partial charge is 0.264 e. The third-order valence-corrected chi connectivity index (χ3v) is 9.86. The summed E-state index contributed by atoms with van der Waals surface area (Å²) in [5.41, 5.74) is 4.07. The summed E-state index contributed by atoms with van der Waals surface area (Å²) in [5, 5.41) is 3.07. The van der Waals surface area contributed by atoms with E-state index in [4.69, 9.17) is 4.74 Å². The van der Waals surface area contributed by atoms with Crippen molar-refractivity contribution in [1.29, 1.82) is 0 Å². The first-order valence-corrected chi connectivity index (χ1v) is 17.5. The van der Waals surface area contributed by atoms with Gasteiger partial charge < -0.3 is 15.0 Å². The van der Waals surface area contributed by atoms with Crippen molar-refractivity contribution in [3.63, 3.8) is 0 Å². The van der Waals surface area contributed by atoms with E-state index in [1.165, 1.54) is 17.0 Å². The molecule has 0 bridgehead atoms. The number of carbonyl (C=O) groups is 2. The van der Waals surface area contributed by atoms with Gasteiger partial charge in [0.25, 0.3) is 10.0 Å². The lowest BCUT2D eigenvalue weighted by Gasteiger charge is -2.34. The molecule has 0 aromatic heterocycles. The highest BCUT2D eigenvalue weighted by atomic mass is 32.2. The molecule has 4 rings (SSSR count). The van der Waals surface area contributed by atoms with Crippen molar-refractivity contribution in [2.75, 3.05) is 17.5 Å². The monoisotopic (exact) mass is 655 g/mol. The molecule has 248 valence electrons. The Labute approximate surface area is 279 Å². The van der Waals surface area contributed by atoms with Crippen molar-refractivity contribution in [2.24, 2.45) is 0 Å². The van der Waals surface area contributed by atoms with E-state index in [9.17, 15) is 18.0 Å². The van der Waals surface area contributed by atoms with Crippen LogP contribution in [0.25, 0.3) is 0 Å². The van der Waals surface area contributed by atoms with Crippen molar-refractivity contribution in [3.8, 4) is 5.75 Å². The van der Waals surface area contributed by atoms with Crippen LogP contribution in [0.2, 0.25) is 0 Å². The van der Waals surface area contributed by atoms with E-state index < -0.39 is 28.5 Å². The fraction of sp³-hybridized carbons (Fsp3) is 0.316. The Bertz CT molecular complexity index is 1710. The number of hydrogen-bond donors (Lipinski definition) is 1. The summed E-state index contributed by atoms with van der Waals surface area (Å²) in [6, 6.07) is 29.5. The summed E-state index contributed by atoms with van der Waals surface area (Å²) in [4.78, 5) is 30.1. The molecule has 0 heterocycles. The van der Waals surface area contributed by atoms with E-state index in [0.717, 1.165) is 33.0 Å². The van der Waals surface area contributed by atoms with Crippen LogP contribution < -0.4 is 14.4 Å². The second kappa shape index (κ2) is 16.3. The summed E-state index contributed by atoms with van der Waals surface area (Å²) in [6.45, 7) is 9.71. The zero-order valence-electron chi connectivity index (χ0n) is 27.8. The summed E-state index contributed by atoms with van der Waals surface area (Å²) >= 11 is 0. The number of hydrogen-bond acceptors (Lipinski definition) is 5. The second-order valence-corrected chi connectivity index (χ2v) is 13.6. The van der Waals surface area contributed by atoms with Crippen LogP contribution in [0, 0.1) is 13.8 Å². The van der Waals surface area contributed by atoms with Gasteiger partial charge in [-0.1, -0.05) is 84.8 Å². The Morgan fingerprint density at radius 1 is 0.787 bits per heavy atom. The number of anilines is 1. The molecule has 0 spiro atoms. The molecule has 8 nitrogen and oxygen atoms in total. The molecule has 9 heteroatoms. The first-order valence-electron chi connectivity index (χ1n) is 16.0. The predicted octanol–water partition coefficient (Wildman–Crippen LogP) is 6.45. The molecule has 0 aliphatic heterocycles. The van der Waals surface area contributed by atoms with E-state index in [1.54, 1.807) is 24.3 Å². The van der Waals surface area contributed by atoms with Crippen molar-refractivity contribution in [2.45, 2.75) is 71.0 Å². The maximum Gasteiger partial charge on any atom is 0.264 e. The SMILES string of the molecule is CCOc1ccc(S(=O)(=O)N(CC(=O)N(Cc2ccc(C)cc2)[C@@H](Cc2ccccc2)C(=O)N[C@H](C)CC)c2ccc(C)cc2)cc1. The van der Waals surface area contributed by atoms with Gasteiger partial charge >= 0.3 is 0 Å². The number of sulfonamides is 1. The van der Waals surface area contributed by atoms with Crippen LogP contribution in [0.5, 0.6) is 5.75 Å². The van der Waals surface area contributed by atoms with Gasteiger partial charge in [-0.15, -0.1) is 0 Å². The normalized spacial score (nSPS) is 12.5. The van der Waals surface area contributed by atoms with Crippen LogP contribution in [-0.2, 0) is 32.6 Å². The van der Waals surface area contributed by atoms with Crippen LogP contribution in [0.3, 0.4) is 0 Å². The topological polar surface area (TPSA) is 96.0 Å². The van der Waals surface area contributed by atoms with Crippen LogP contribution in [0.15, 0.2) is 108 Å². The van der Waals surface area contributed by atoms with E-state index >= 15 is 0 Å². The largest absolute Gasteiger partial charge is 0.494 e. The summed E-state index contributed by atoms with van der Waals surface area (Å²) in [7, 11) is -4.20. The van der Waals surface area contributed by atoms with Gasteiger partial charge in [0, 0.05) is 19.0 Å². The molecular formula is C38H45N3O5S. The fourth-order valence-corrected chi connectivity index (χ4v) is 6.54. The number of nitrogens with one attached hydrogen (secondary N) is 1. The van der Waals surface area contributed by atoms with Gasteiger partial charge in [0.05, 0.1) is 17.2 Å². The molecule has 1 N–H and O–H groups in total. The maximum atomic E-state index is 14.6. The van der Waals surface area contributed by atoms with Crippen LogP contribution in [0.1, 0.15) is 49.4 Å². The van der Waals surface area contributed by atoms with Crippen LogP contribution in [0.4, 0.5) is 5.69 Å². The number of benzene rings is 4. The first kappa shape index (κ1) is 35.2. The molecule has 4 aromatic carbocycles. The molecule has 0 saturated carbocycles. The lowest BCUT2D eigenvalue weighted by Crippen LogP contribution is -2.54. The number of rotatable bonds is 15. The molecule has 4 aromatic rings. The Kier molecular flexibility index (Phi) is 12.2. The lowest BCUT2D eigenvalue weighted by atomic mass is 10.0. The molecule has 0 saturated heterocycles. The van der Waals surface area contributed by atoms with E-state index in [-0.39, 0.29) is 29.8 Å². The highest BCUT2D eigenvalue weighted by Gasteiger charge is 2.35. The minimum absolute atomic E-state index is 0.0229. The van der Waals surface area contributed by atoms with E-state index in [1.807, 2.05) is 101 Å². The quantitative estimate of drug-likeness (QED) is 0.159. The van der Waals surface area contributed by atoms with Crippen LogP contribution in [-0.4, -0.2) is 50.4 Å². The van der Waals surface area contributed by atoms with Gasteiger partial charge in [0.2, 0.25) is 11.8 Å². The van der Waals surface area contributed by atoms with E-state index in [0.29, 0.717) is 18.0 Å². The molecule has 0 fully saturated rings. The summed E-state index contributed by atoms with van der Waals surface area (Å²) in [6.07, 6.45) is 0.980. The Morgan fingerprint density at radius 2 is 1.38 bits per heavy atom. The van der Waals surface area contributed by atoms with Gasteiger partial charge in [-0.05, 0) is 81.6 Å². The van der Waals surface area contributed by atoms with Gasteiger partial charge in [-0.2, -0.15) is 0 Å². The number of nitrogens with zero attached hydrogens (tertiary/aromatic N) is 2. The van der Waals surface area contributed by atoms with Crippen molar-refractivity contribution >= 4 is 27.5 Å². The number of amides is 2. The molecule has 0 unspecified atom stereocenters. The summed E-state index contributed by atoms with van der Waals surface area (Å²) in [5.74, 6) is -0.245. The molecular weight excluding hydrogens is 611 g/mol. The zero-order chi connectivity index (χ0) is 34.0. The third kappa shape index (κ3) is 9.45. The Balaban J connectivity index is 1.79. The van der Waals surface area contributed by atoms with Crippen LogP contribution >= 0.6 is 0 Å². The van der Waals surface area contributed by atoms with Crippen molar-refractivity contribution < 1.29 is 22.7 Å². The second-order valence-electron chi connectivity index (χ2n) is 11.8. The molecule has 0 aliphatic rings. The fourth-order valence-electron chi connectivity index (χ4n) is 5.13. The number of ether oxygens (including phenoxy) is 1. The average Bonchev–Trinajstić information content (AvgIpc) is 3.07. The molecule has 0 radical (unpaired) electrons. The molecule has 47 heavy (non-hydrogen) atoms. The van der Waals surface area contributed by atoms with Gasteiger partial charge in [0.15, 0.2) is 0 Å². The van der Waals surface area contributed by atoms with Gasteiger partial charge in [-0.3, -0.25) is 13.9 Å². The summed E-state index contributed by atoms with van der Waals surface area (Å²) < 4.78 is 35.2. The first-order chi connectivity index (χ1) is 22.5. The number of aryl methyl sites for hydroxylation is 2. The lowest BCUT2D eigenvalue weighted by molar-refractivity contribution is -0.140. The minimum Gasteiger partial charge on any atom is -0.494 e. The third-order valence-electron chi connectivity index (χ3n) is 8.07. The standard InChI is InChI=1S/C38H45N3O5S/c1-6-30(5)39-38(43)36(25-31-11-9-8-10-12-31)40(26-32-17-13-28(3)14-18-32)37(42)27-41(33-19-15-29(4)16-20-33)47(44,45)35-23-21-34(22-24-35)46-7-2/h8-24,30,36H,6-7,25-27H2,1-5H3,(H,39,43)/t30-,36+/m1/s1. The van der Waals surface area contributed by atoms with Gasteiger partial charge in [0.1, 0.15) is 18.3 Å². The Morgan fingerprint density at radius 3 is 1.96 bits per heavy atom. The number of carbonyl (C=O) groups excluding carboxylic acids is 2. The minimum atomic E-state index is -4.20. The van der Waals surface area contributed by atoms with Gasteiger partial charge in [-0.25, -0.2) is 8.42 Å². The van der Waals surface area contributed by atoms with Crippen molar-refractivity contribution in [1.82, 2.24) is 10.2 Å². The highest BCUT2D eigenvalue weighted by molar-refractivity contribution is 7.92. The van der Waals surface area contributed by atoms with E-state index in [2.05, 4.69) is 5.32 Å². The predicted molar refractivity (Wildman–Crippen MR) is 187 cm³/mol. The molecule has 2 atom stereocenters. The maximum absolute atomic E-state index is 14.6.